The summed E-state index contributed by atoms with van der Waals surface area (Å²) in [5.74, 6) is -2.19. The van der Waals surface area contributed by atoms with Crippen molar-refractivity contribution in [1.82, 2.24) is 4.90 Å². The molecule has 2 saturated heterocycles. The van der Waals surface area contributed by atoms with Crippen LogP contribution in [-0.2, 0) is 23.9 Å². The minimum Gasteiger partial charge on any atom is -0.548 e. The number of carbonyl (C=O) groups excluding carboxylic acids is 2. The predicted octanol–water partition coefficient (Wildman–Crippen LogP) is -4.46. The molecular formula is C10H14NNaO6S2. The van der Waals surface area contributed by atoms with E-state index in [4.69, 9.17) is 4.18 Å². The van der Waals surface area contributed by atoms with Crippen LogP contribution in [0.3, 0.4) is 0 Å². The van der Waals surface area contributed by atoms with Crippen molar-refractivity contribution < 1.29 is 56.9 Å². The first kappa shape index (κ1) is 18.2. The fraction of sp³-hybridized carbons (Fsp3) is 0.800. The second kappa shape index (κ2) is 5.77. The number of hydrogen-bond donors (Lipinski definition) is 0. The van der Waals surface area contributed by atoms with Crippen LogP contribution in [0.5, 0.6) is 0 Å². The van der Waals surface area contributed by atoms with Crippen LogP contribution < -0.4 is 34.7 Å². The number of nitrogens with zero attached hydrogens (tertiary/aromatic N) is 1. The van der Waals surface area contributed by atoms with Gasteiger partial charge < -0.3 is 14.8 Å². The monoisotopic (exact) mass is 331 g/mol. The summed E-state index contributed by atoms with van der Waals surface area (Å²) in [6.45, 7) is 4.76. The molecule has 0 N–H and O–H groups in total. The van der Waals surface area contributed by atoms with Gasteiger partial charge >= 0.3 is 29.6 Å². The van der Waals surface area contributed by atoms with Gasteiger partial charge in [-0.25, -0.2) is 0 Å². The fourth-order valence-corrected chi connectivity index (χ4v) is 4.58. The van der Waals surface area contributed by atoms with Crippen LogP contribution in [0.1, 0.15) is 20.8 Å². The molecular weight excluding hydrogens is 317 g/mol. The number of carboxylic acids is 1. The van der Waals surface area contributed by atoms with Crippen LogP contribution in [0, 0.1) is 0 Å². The second-order valence-electron chi connectivity index (χ2n) is 4.94. The summed E-state index contributed by atoms with van der Waals surface area (Å²) < 4.78 is 26.8. The van der Waals surface area contributed by atoms with Crippen molar-refractivity contribution in [2.75, 3.05) is 5.75 Å². The molecule has 108 valence electrons. The molecule has 0 spiro atoms. The zero-order valence-corrected chi connectivity index (χ0v) is 15.3. The SMILES string of the molecule is CCS(=O)(=O)OC1C(=O)N2[C@@H]1SC(C)(C)[C@@H]2C(=O)[O-].[Na+]. The maximum Gasteiger partial charge on any atom is 1.00 e. The number of fused-ring (bicyclic) bond motifs is 1. The average Bonchev–Trinajstić information content (AvgIpc) is 2.55. The van der Waals surface area contributed by atoms with E-state index >= 15 is 0 Å². The molecule has 3 atom stereocenters. The van der Waals surface area contributed by atoms with E-state index in [0.717, 1.165) is 4.90 Å². The van der Waals surface area contributed by atoms with Crippen molar-refractivity contribution in [3.8, 4) is 0 Å². The molecule has 0 saturated carbocycles. The summed E-state index contributed by atoms with van der Waals surface area (Å²) in [5.41, 5.74) is 0. The van der Waals surface area contributed by atoms with Crippen LogP contribution in [-0.4, -0.2) is 53.2 Å². The first-order valence-corrected chi connectivity index (χ1v) is 8.18. The number of β-lactam (4-membered cyclic amide) rings is 1. The molecule has 2 heterocycles. The third-order valence-electron chi connectivity index (χ3n) is 3.22. The van der Waals surface area contributed by atoms with E-state index in [0.29, 0.717) is 0 Å². The van der Waals surface area contributed by atoms with Crippen LogP contribution in [0.2, 0.25) is 0 Å². The second-order valence-corrected chi connectivity index (χ2v) is 8.60. The van der Waals surface area contributed by atoms with Crippen molar-refractivity contribution in [3.63, 3.8) is 0 Å². The van der Waals surface area contributed by atoms with E-state index in [1.807, 2.05) is 0 Å². The maximum absolute atomic E-state index is 11.9. The number of thioether (sulfide) groups is 1. The first-order valence-electron chi connectivity index (χ1n) is 5.72. The van der Waals surface area contributed by atoms with Gasteiger partial charge in [-0.2, -0.15) is 8.42 Å². The van der Waals surface area contributed by atoms with Gasteiger partial charge in [0.05, 0.1) is 17.8 Å². The Hall–Kier alpha value is 0.200. The van der Waals surface area contributed by atoms with Crippen molar-refractivity contribution in [3.05, 3.63) is 0 Å². The van der Waals surface area contributed by atoms with Gasteiger partial charge in [0.25, 0.3) is 16.0 Å². The fourth-order valence-electron chi connectivity index (χ4n) is 2.27. The summed E-state index contributed by atoms with van der Waals surface area (Å²) in [7, 11) is -3.75. The van der Waals surface area contributed by atoms with Crippen LogP contribution in [0.25, 0.3) is 0 Å². The number of aliphatic carboxylic acids is 1. The molecule has 2 rings (SSSR count). The summed E-state index contributed by atoms with van der Waals surface area (Å²) in [4.78, 5) is 24.1. The quantitative estimate of drug-likeness (QED) is 0.291. The van der Waals surface area contributed by atoms with Crippen LogP contribution >= 0.6 is 11.8 Å². The first-order chi connectivity index (χ1) is 8.60. The molecule has 0 radical (unpaired) electrons. The van der Waals surface area contributed by atoms with Crippen molar-refractivity contribution in [2.45, 2.75) is 43.0 Å². The summed E-state index contributed by atoms with van der Waals surface area (Å²) in [5, 5.41) is 10.5. The van der Waals surface area contributed by atoms with Crippen molar-refractivity contribution >= 4 is 33.8 Å². The Kier molecular flexibility index (Phi) is 5.26. The molecule has 1 unspecified atom stereocenters. The molecule has 20 heavy (non-hydrogen) atoms. The Bertz CT molecular complexity index is 534. The maximum atomic E-state index is 11.9. The number of rotatable bonds is 4. The molecule has 0 bridgehead atoms. The number of carbonyl (C=O) groups is 2. The summed E-state index contributed by atoms with van der Waals surface area (Å²) in [6.07, 6.45) is -1.13. The minimum absolute atomic E-state index is 0. The Morgan fingerprint density at radius 3 is 2.50 bits per heavy atom. The van der Waals surface area contributed by atoms with Gasteiger partial charge in [0, 0.05) is 4.75 Å². The van der Waals surface area contributed by atoms with Crippen molar-refractivity contribution in [2.24, 2.45) is 0 Å². The zero-order valence-electron chi connectivity index (χ0n) is 11.7. The minimum atomic E-state index is -3.75. The van der Waals surface area contributed by atoms with Crippen molar-refractivity contribution in [1.29, 1.82) is 0 Å². The average molecular weight is 331 g/mol. The van der Waals surface area contributed by atoms with Gasteiger partial charge in [-0.15, -0.1) is 11.8 Å². The van der Waals surface area contributed by atoms with Gasteiger partial charge in [-0.1, -0.05) is 0 Å². The van der Waals surface area contributed by atoms with E-state index in [1.54, 1.807) is 13.8 Å². The molecule has 0 aromatic carbocycles. The molecule has 1 amide bonds. The van der Waals surface area contributed by atoms with E-state index in [9.17, 15) is 23.1 Å². The normalized spacial score (nSPS) is 31.2. The molecule has 2 fully saturated rings. The van der Waals surface area contributed by atoms with Crippen LogP contribution in [0.15, 0.2) is 0 Å². The third kappa shape index (κ3) is 2.89. The topological polar surface area (TPSA) is 104 Å². The molecule has 0 aliphatic carbocycles. The van der Waals surface area contributed by atoms with Gasteiger partial charge in [0.15, 0.2) is 6.10 Å². The number of carboxylic acid groups (broad SMARTS) is 1. The molecule has 2 aliphatic rings. The molecule has 10 heteroatoms. The largest absolute Gasteiger partial charge is 1.00 e. The Morgan fingerprint density at radius 1 is 1.50 bits per heavy atom. The smallest absolute Gasteiger partial charge is 0.548 e. The van der Waals surface area contributed by atoms with E-state index in [2.05, 4.69) is 0 Å². The Labute approximate surface area is 143 Å². The van der Waals surface area contributed by atoms with Gasteiger partial charge in [0.2, 0.25) is 0 Å². The standard InChI is InChI=1S/C10H15NO6S2.Na/c1-4-19(15,16)17-5-7(12)11-6(9(13)14)10(2,3)18-8(5)11;/h5-6,8H,4H2,1-3H3,(H,13,14);/q;+1/p-1/t5?,6-,8+;/m0./s1. The van der Waals surface area contributed by atoms with Gasteiger partial charge in [0.1, 0.15) is 5.37 Å². The molecule has 7 nitrogen and oxygen atoms in total. The van der Waals surface area contributed by atoms with E-state index in [-0.39, 0.29) is 35.3 Å². The van der Waals surface area contributed by atoms with E-state index in [1.165, 1.54) is 18.7 Å². The third-order valence-corrected chi connectivity index (χ3v) is 5.97. The van der Waals surface area contributed by atoms with Crippen LogP contribution in [0.4, 0.5) is 0 Å². The van der Waals surface area contributed by atoms with Gasteiger partial charge in [-0.3, -0.25) is 8.98 Å². The van der Waals surface area contributed by atoms with Gasteiger partial charge in [-0.05, 0) is 20.8 Å². The number of hydrogen-bond acceptors (Lipinski definition) is 7. The van der Waals surface area contributed by atoms with E-state index < -0.39 is 44.3 Å². The Morgan fingerprint density at radius 2 is 2.05 bits per heavy atom. The predicted molar refractivity (Wildman–Crippen MR) is 65.4 cm³/mol. The number of amides is 1. The Balaban J connectivity index is 0.00000200. The summed E-state index contributed by atoms with van der Waals surface area (Å²) >= 11 is 1.21. The summed E-state index contributed by atoms with van der Waals surface area (Å²) in [6, 6.07) is -1.07. The molecule has 0 aromatic heterocycles. The molecule has 2 aliphatic heterocycles. The molecule has 0 aromatic rings. The zero-order chi connectivity index (χ0) is 14.6.